The Bertz CT molecular complexity index is 254. The Morgan fingerprint density at radius 3 is 1.89 bits per heavy atom. The summed E-state index contributed by atoms with van der Waals surface area (Å²) in [4.78, 5) is 28.5. The van der Waals surface area contributed by atoms with Gasteiger partial charge in [0.1, 0.15) is 0 Å². The van der Waals surface area contributed by atoms with Gasteiger partial charge in [0.2, 0.25) is 5.91 Å². The minimum absolute atomic E-state index is 0.266. The van der Waals surface area contributed by atoms with Crippen molar-refractivity contribution in [2.24, 2.45) is 5.73 Å². The quantitative estimate of drug-likeness (QED) is 0.240. The fourth-order valence-electron chi connectivity index (χ4n) is 0.694. The third kappa shape index (κ3) is 14.3. The first kappa shape index (κ1) is 18.6. The van der Waals surface area contributed by atoms with E-state index in [-0.39, 0.29) is 12.2 Å². The fraction of sp³-hybridized carbons (Fsp3) is 0.667. The summed E-state index contributed by atoms with van der Waals surface area (Å²) in [7, 11) is 3.12. The zero-order chi connectivity index (χ0) is 14.6. The second-order valence-corrected chi connectivity index (χ2v) is 2.93. The fourth-order valence-corrected chi connectivity index (χ4v) is 0.694. The van der Waals surface area contributed by atoms with Gasteiger partial charge in [0.25, 0.3) is 0 Å². The molecule has 0 rings (SSSR count). The van der Waals surface area contributed by atoms with Crippen LogP contribution in [0, 0.1) is 0 Å². The van der Waals surface area contributed by atoms with E-state index in [2.05, 4.69) is 5.32 Å². The molecule has 0 aliphatic heterocycles. The lowest BCUT2D eigenvalue weighted by Gasteiger charge is -2.13. The number of carbonyl (C=O) groups excluding carboxylic acids is 1. The Balaban J connectivity index is 0. The third-order valence-electron chi connectivity index (χ3n) is 1.57. The summed E-state index contributed by atoms with van der Waals surface area (Å²) in [5, 5.41) is 17.8. The highest BCUT2D eigenvalue weighted by molar-refractivity contribution is 6.27. The van der Waals surface area contributed by atoms with Crippen molar-refractivity contribution in [3.8, 4) is 0 Å². The first-order chi connectivity index (χ1) is 8.34. The molecule has 0 bridgehead atoms. The van der Waals surface area contributed by atoms with Crippen LogP contribution in [0.1, 0.15) is 6.42 Å². The van der Waals surface area contributed by atoms with Crippen LogP contribution >= 0.6 is 0 Å². The summed E-state index contributed by atoms with van der Waals surface area (Å²) < 4.78 is 9.81. The number of ether oxygens (including phenoxy) is 2. The van der Waals surface area contributed by atoms with E-state index < -0.39 is 11.9 Å². The first-order valence-electron chi connectivity index (χ1n) is 4.86. The Labute approximate surface area is 104 Å². The number of carboxylic acids is 2. The molecule has 0 aromatic heterocycles. The lowest BCUT2D eigenvalue weighted by atomic mass is 10.4. The Morgan fingerprint density at radius 2 is 1.61 bits per heavy atom. The highest BCUT2D eigenvalue weighted by atomic mass is 16.7. The van der Waals surface area contributed by atoms with Gasteiger partial charge in [-0.25, -0.2) is 9.59 Å². The number of nitrogens with two attached hydrogens (primary N) is 1. The molecule has 0 radical (unpaired) electrons. The van der Waals surface area contributed by atoms with E-state index >= 15 is 0 Å². The zero-order valence-electron chi connectivity index (χ0n) is 10.2. The molecule has 0 saturated carbocycles. The number of amides is 1. The lowest BCUT2D eigenvalue weighted by Crippen LogP contribution is -2.31. The third-order valence-corrected chi connectivity index (χ3v) is 1.57. The largest absolute Gasteiger partial charge is 0.473 e. The molecule has 0 aromatic carbocycles. The van der Waals surface area contributed by atoms with E-state index in [4.69, 9.17) is 35.0 Å². The van der Waals surface area contributed by atoms with Gasteiger partial charge in [-0.2, -0.15) is 0 Å². The number of carbonyl (C=O) groups is 3. The van der Waals surface area contributed by atoms with Gasteiger partial charge in [0.15, 0.2) is 6.29 Å². The van der Waals surface area contributed by atoms with Crippen molar-refractivity contribution in [3.05, 3.63) is 0 Å². The Kier molecular flexibility index (Phi) is 12.2. The van der Waals surface area contributed by atoms with Gasteiger partial charge < -0.3 is 30.7 Å². The van der Waals surface area contributed by atoms with Gasteiger partial charge in [0.05, 0.1) is 0 Å². The van der Waals surface area contributed by atoms with Gasteiger partial charge in [-0.3, -0.25) is 4.79 Å². The van der Waals surface area contributed by atoms with E-state index in [0.29, 0.717) is 19.5 Å². The maximum absolute atomic E-state index is 10.3. The van der Waals surface area contributed by atoms with E-state index in [9.17, 15) is 4.79 Å². The summed E-state index contributed by atoms with van der Waals surface area (Å²) in [6.07, 6.45) is 0.0676. The molecule has 0 atom stereocenters. The maximum atomic E-state index is 10.3. The van der Waals surface area contributed by atoms with E-state index in [1.165, 1.54) is 0 Å². The molecule has 106 valence electrons. The normalized spacial score (nSPS) is 9.50. The maximum Gasteiger partial charge on any atom is 0.414 e. The standard InChI is InChI=1S/C7H16N2O3.C2H2O4/c1-11-7(12-2)5-9-4-3-6(8)10;3-1(4)2(5)6/h7,9H,3-5H2,1-2H3,(H2,8,10);(H,3,4)(H,5,6). The Morgan fingerprint density at radius 1 is 1.17 bits per heavy atom. The van der Waals surface area contributed by atoms with Crippen LogP contribution in [-0.4, -0.2) is 61.7 Å². The van der Waals surface area contributed by atoms with Gasteiger partial charge >= 0.3 is 11.9 Å². The number of rotatable bonds is 7. The van der Waals surface area contributed by atoms with Crippen molar-refractivity contribution in [2.45, 2.75) is 12.7 Å². The van der Waals surface area contributed by atoms with Crippen molar-refractivity contribution in [3.63, 3.8) is 0 Å². The van der Waals surface area contributed by atoms with Crippen molar-refractivity contribution < 1.29 is 34.1 Å². The molecule has 0 fully saturated rings. The molecule has 18 heavy (non-hydrogen) atoms. The number of primary amides is 1. The molecule has 9 nitrogen and oxygen atoms in total. The van der Waals surface area contributed by atoms with Crippen molar-refractivity contribution in [1.82, 2.24) is 5.32 Å². The van der Waals surface area contributed by atoms with Crippen LogP contribution in [0.3, 0.4) is 0 Å². The highest BCUT2D eigenvalue weighted by Gasteiger charge is 2.04. The molecule has 0 aromatic rings. The van der Waals surface area contributed by atoms with Crippen LogP contribution < -0.4 is 11.1 Å². The highest BCUT2D eigenvalue weighted by Crippen LogP contribution is 1.87. The molecule has 0 aliphatic rings. The average Bonchev–Trinajstić information content (AvgIpc) is 2.29. The van der Waals surface area contributed by atoms with Crippen LogP contribution in [0.4, 0.5) is 0 Å². The van der Waals surface area contributed by atoms with E-state index in [1.807, 2.05) is 0 Å². The monoisotopic (exact) mass is 266 g/mol. The molecule has 0 heterocycles. The van der Waals surface area contributed by atoms with Crippen LogP contribution in [0.25, 0.3) is 0 Å². The van der Waals surface area contributed by atoms with Crippen LogP contribution in [-0.2, 0) is 23.9 Å². The van der Waals surface area contributed by atoms with Crippen LogP contribution in [0.2, 0.25) is 0 Å². The molecular weight excluding hydrogens is 248 g/mol. The number of methoxy groups -OCH3 is 2. The second-order valence-electron chi connectivity index (χ2n) is 2.93. The molecule has 0 spiro atoms. The summed E-state index contributed by atoms with van der Waals surface area (Å²) in [6, 6.07) is 0. The predicted octanol–water partition coefficient (Wildman–Crippen LogP) is -1.77. The average molecular weight is 266 g/mol. The van der Waals surface area contributed by atoms with E-state index in [1.54, 1.807) is 14.2 Å². The van der Waals surface area contributed by atoms with Gasteiger partial charge in [-0.15, -0.1) is 0 Å². The summed E-state index contributed by atoms with van der Waals surface area (Å²) in [6.45, 7) is 1.11. The number of nitrogens with one attached hydrogen (secondary N) is 1. The van der Waals surface area contributed by atoms with Gasteiger partial charge in [0, 0.05) is 33.7 Å². The van der Waals surface area contributed by atoms with Crippen molar-refractivity contribution in [2.75, 3.05) is 27.3 Å². The zero-order valence-corrected chi connectivity index (χ0v) is 10.2. The molecular formula is C9H18N2O7. The summed E-state index contributed by atoms with van der Waals surface area (Å²) >= 11 is 0. The van der Waals surface area contributed by atoms with Gasteiger partial charge in [-0.05, 0) is 0 Å². The van der Waals surface area contributed by atoms with Crippen molar-refractivity contribution >= 4 is 17.8 Å². The number of hydrogen-bond acceptors (Lipinski definition) is 6. The Hall–Kier alpha value is -1.71. The van der Waals surface area contributed by atoms with Crippen LogP contribution in [0.15, 0.2) is 0 Å². The topological polar surface area (TPSA) is 148 Å². The number of carboxylic acid groups (broad SMARTS) is 2. The molecule has 0 unspecified atom stereocenters. The first-order valence-corrected chi connectivity index (χ1v) is 4.86. The molecule has 0 aliphatic carbocycles. The molecule has 0 saturated heterocycles. The molecule has 1 amide bonds. The van der Waals surface area contributed by atoms with Crippen molar-refractivity contribution in [1.29, 1.82) is 0 Å². The summed E-state index contributed by atoms with van der Waals surface area (Å²) in [5.74, 6) is -3.96. The molecule has 5 N–H and O–H groups in total. The number of hydrogen-bond donors (Lipinski definition) is 4. The van der Waals surface area contributed by atoms with E-state index in [0.717, 1.165) is 0 Å². The SMILES string of the molecule is COC(CNCCC(N)=O)OC.O=C(O)C(=O)O. The minimum atomic E-state index is -1.82. The predicted molar refractivity (Wildman–Crippen MR) is 59.8 cm³/mol. The number of aliphatic carboxylic acids is 2. The lowest BCUT2D eigenvalue weighted by molar-refractivity contribution is -0.159. The summed E-state index contributed by atoms with van der Waals surface area (Å²) in [5.41, 5.74) is 4.93. The second kappa shape index (κ2) is 11.8. The van der Waals surface area contributed by atoms with Gasteiger partial charge in [-0.1, -0.05) is 0 Å². The minimum Gasteiger partial charge on any atom is -0.473 e. The smallest absolute Gasteiger partial charge is 0.414 e. The van der Waals surface area contributed by atoms with Crippen LogP contribution in [0.5, 0.6) is 0 Å². The molecule has 9 heteroatoms.